The Kier molecular flexibility index (Phi) is 4.90. The van der Waals surface area contributed by atoms with Crippen LogP contribution in [0.25, 0.3) is 0 Å². The van der Waals surface area contributed by atoms with Crippen molar-refractivity contribution in [2.75, 3.05) is 17.3 Å². The molecule has 0 fully saturated rings. The van der Waals surface area contributed by atoms with E-state index in [4.69, 9.17) is 29.0 Å². The molecule has 2 rings (SSSR count). The number of aromatic nitrogens is 1. The second kappa shape index (κ2) is 6.49. The number of benzene rings is 1. The van der Waals surface area contributed by atoms with Gasteiger partial charge < -0.3 is 15.8 Å². The van der Waals surface area contributed by atoms with Gasteiger partial charge in [-0.15, -0.1) is 0 Å². The number of nitrogens with two attached hydrogens (primary N) is 1. The van der Waals surface area contributed by atoms with Gasteiger partial charge in [0.1, 0.15) is 5.82 Å². The van der Waals surface area contributed by atoms with Crippen molar-refractivity contribution in [1.29, 1.82) is 0 Å². The first-order chi connectivity index (χ1) is 10.00. The van der Waals surface area contributed by atoms with Gasteiger partial charge in [0, 0.05) is 0 Å². The van der Waals surface area contributed by atoms with Gasteiger partial charge in [0.05, 0.1) is 22.2 Å². The zero-order valence-corrected chi connectivity index (χ0v) is 12.9. The minimum Gasteiger partial charge on any atom is -0.394 e. The Labute approximate surface area is 133 Å². The lowest BCUT2D eigenvalue weighted by atomic mass is 9.93. The van der Waals surface area contributed by atoms with E-state index in [9.17, 15) is 5.11 Å². The van der Waals surface area contributed by atoms with Crippen molar-refractivity contribution in [3.8, 4) is 0 Å². The summed E-state index contributed by atoms with van der Waals surface area (Å²) in [6, 6.07) is 11.1. The van der Waals surface area contributed by atoms with E-state index in [0.717, 1.165) is 5.56 Å². The first kappa shape index (κ1) is 15.9. The average molecular weight is 327 g/mol. The van der Waals surface area contributed by atoms with E-state index in [2.05, 4.69) is 15.7 Å². The summed E-state index contributed by atoms with van der Waals surface area (Å²) in [5, 5.41) is 13.6. The topological polar surface area (TPSA) is 83.2 Å². The van der Waals surface area contributed by atoms with Crippen LogP contribution in [0, 0.1) is 0 Å². The van der Waals surface area contributed by atoms with E-state index in [0.29, 0.717) is 21.7 Å². The summed E-state index contributed by atoms with van der Waals surface area (Å²) in [5.74, 6) is 6.05. The normalized spacial score (nSPS) is 13.6. The number of nitrogens with one attached hydrogen (secondary N) is 2. The van der Waals surface area contributed by atoms with Crippen LogP contribution in [0.5, 0.6) is 0 Å². The summed E-state index contributed by atoms with van der Waals surface area (Å²) in [6.45, 7) is 1.72. The molecule has 112 valence electrons. The predicted octanol–water partition coefficient (Wildman–Crippen LogP) is 2.99. The number of hydrogen-bond acceptors (Lipinski definition) is 5. The van der Waals surface area contributed by atoms with Gasteiger partial charge in [-0.3, -0.25) is 0 Å². The number of nitrogen functional groups attached to an aromatic ring is 1. The van der Waals surface area contributed by atoms with E-state index in [1.165, 1.54) is 6.07 Å². The van der Waals surface area contributed by atoms with E-state index in [1.807, 2.05) is 37.3 Å². The van der Waals surface area contributed by atoms with Gasteiger partial charge in [0.2, 0.25) is 0 Å². The van der Waals surface area contributed by atoms with Gasteiger partial charge in [-0.05, 0) is 18.6 Å². The van der Waals surface area contributed by atoms with Crippen molar-refractivity contribution in [2.45, 2.75) is 12.5 Å². The second-order valence-electron chi connectivity index (χ2n) is 4.77. The molecule has 1 unspecified atom stereocenters. The van der Waals surface area contributed by atoms with Crippen molar-refractivity contribution in [1.82, 2.24) is 4.98 Å². The maximum Gasteiger partial charge on any atom is 0.161 e. The lowest BCUT2D eigenvalue weighted by Crippen LogP contribution is -2.36. The summed E-state index contributed by atoms with van der Waals surface area (Å²) in [6.07, 6.45) is 0. The number of aliphatic hydroxyl groups is 1. The Bertz CT molecular complexity index is 624. The molecule has 0 aliphatic heterocycles. The number of halogens is 2. The van der Waals surface area contributed by atoms with Crippen molar-refractivity contribution < 1.29 is 5.11 Å². The standard InChI is InChI=1S/C14H16Cl2N4O/c1-14(8-21,9-5-3-2-4-6-9)19-12-10(15)7-11(16)13(18-12)20-17/h2-7,21H,8,17H2,1H3,(H2,18,19,20). The van der Waals surface area contributed by atoms with Crippen LogP contribution in [-0.2, 0) is 5.54 Å². The third-order valence-corrected chi connectivity index (χ3v) is 3.76. The molecular weight excluding hydrogens is 311 g/mol. The number of hydrogen-bond donors (Lipinski definition) is 4. The van der Waals surface area contributed by atoms with E-state index >= 15 is 0 Å². The molecule has 0 radical (unpaired) electrons. The average Bonchev–Trinajstić information content (AvgIpc) is 2.50. The van der Waals surface area contributed by atoms with E-state index < -0.39 is 5.54 Å². The lowest BCUT2D eigenvalue weighted by molar-refractivity contribution is 0.223. The molecule has 0 bridgehead atoms. The van der Waals surface area contributed by atoms with Crippen LogP contribution in [0.15, 0.2) is 36.4 Å². The summed E-state index contributed by atoms with van der Waals surface area (Å²) in [7, 11) is 0. The molecule has 5 N–H and O–H groups in total. The molecule has 1 aromatic heterocycles. The van der Waals surface area contributed by atoms with Crippen LogP contribution < -0.4 is 16.6 Å². The highest BCUT2D eigenvalue weighted by molar-refractivity contribution is 6.37. The van der Waals surface area contributed by atoms with E-state index in [1.54, 1.807) is 0 Å². The van der Waals surface area contributed by atoms with Gasteiger partial charge in [-0.2, -0.15) is 0 Å². The molecule has 0 aliphatic rings. The summed E-state index contributed by atoms with van der Waals surface area (Å²) < 4.78 is 0. The van der Waals surface area contributed by atoms with Gasteiger partial charge >= 0.3 is 0 Å². The van der Waals surface area contributed by atoms with Crippen LogP contribution >= 0.6 is 23.2 Å². The molecule has 21 heavy (non-hydrogen) atoms. The molecule has 1 aromatic carbocycles. The summed E-state index contributed by atoms with van der Waals surface area (Å²) in [5.41, 5.74) is 2.57. The Morgan fingerprint density at radius 1 is 1.19 bits per heavy atom. The molecule has 0 aliphatic carbocycles. The summed E-state index contributed by atoms with van der Waals surface area (Å²) in [4.78, 5) is 4.23. The largest absolute Gasteiger partial charge is 0.394 e. The van der Waals surface area contributed by atoms with E-state index in [-0.39, 0.29) is 6.61 Å². The minimum absolute atomic E-state index is 0.136. The molecule has 1 heterocycles. The highest BCUT2D eigenvalue weighted by Gasteiger charge is 2.27. The smallest absolute Gasteiger partial charge is 0.161 e. The van der Waals surface area contributed by atoms with Gasteiger partial charge in [0.15, 0.2) is 5.82 Å². The molecule has 1 atom stereocenters. The monoisotopic (exact) mass is 326 g/mol. The van der Waals surface area contributed by atoms with Crippen LogP contribution in [0.4, 0.5) is 11.6 Å². The molecule has 7 heteroatoms. The molecule has 5 nitrogen and oxygen atoms in total. The van der Waals surface area contributed by atoms with Gasteiger partial charge in [0.25, 0.3) is 0 Å². The predicted molar refractivity (Wildman–Crippen MR) is 86.6 cm³/mol. The Hall–Kier alpha value is -1.53. The molecule has 0 amide bonds. The molecule has 2 aromatic rings. The van der Waals surface area contributed by atoms with Gasteiger partial charge in [-0.1, -0.05) is 53.5 Å². The van der Waals surface area contributed by atoms with Crippen LogP contribution in [0.3, 0.4) is 0 Å². The molecule has 0 saturated heterocycles. The van der Waals surface area contributed by atoms with Crippen LogP contribution in [0.2, 0.25) is 10.0 Å². The SMILES string of the molecule is CC(CO)(Nc1nc(NN)c(Cl)cc1Cl)c1ccccc1. The fraction of sp³-hybridized carbons (Fsp3) is 0.214. The number of nitrogens with zero attached hydrogens (tertiary/aromatic N) is 1. The zero-order chi connectivity index (χ0) is 15.5. The maximum atomic E-state index is 9.77. The fourth-order valence-electron chi connectivity index (χ4n) is 1.93. The number of anilines is 2. The summed E-state index contributed by atoms with van der Waals surface area (Å²) >= 11 is 12.1. The zero-order valence-electron chi connectivity index (χ0n) is 11.4. The highest BCUT2D eigenvalue weighted by atomic mass is 35.5. The number of hydrazine groups is 1. The molecule has 0 spiro atoms. The lowest BCUT2D eigenvalue weighted by Gasteiger charge is -2.30. The number of pyridine rings is 1. The maximum absolute atomic E-state index is 9.77. The quantitative estimate of drug-likeness (QED) is 0.501. The second-order valence-corrected chi connectivity index (χ2v) is 5.59. The fourth-order valence-corrected chi connectivity index (χ4v) is 2.39. The molecule has 0 saturated carbocycles. The Morgan fingerprint density at radius 2 is 1.81 bits per heavy atom. The van der Waals surface area contributed by atoms with Crippen molar-refractivity contribution >= 4 is 34.8 Å². The Morgan fingerprint density at radius 3 is 2.38 bits per heavy atom. The first-order valence-electron chi connectivity index (χ1n) is 6.27. The number of rotatable bonds is 5. The highest BCUT2D eigenvalue weighted by Crippen LogP contribution is 2.33. The third kappa shape index (κ3) is 3.39. The molecular formula is C14H16Cl2N4O. The van der Waals surface area contributed by atoms with Crippen LogP contribution in [-0.4, -0.2) is 16.7 Å². The van der Waals surface area contributed by atoms with Crippen molar-refractivity contribution in [3.05, 3.63) is 52.0 Å². The van der Waals surface area contributed by atoms with Crippen molar-refractivity contribution in [2.24, 2.45) is 5.84 Å². The van der Waals surface area contributed by atoms with Crippen LogP contribution in [0.1, 0.15) is 12.5 Å². The Balaban J connectivity index is 2.39. The van der Waals surface area contributed by atoms with Crippen molar-refractivity contribution in [3.63, 3.8) is 0 Å². The minimum atomic E-state index is -0.738. The first-order valence-corrected chi connectivity index (χ1v) is 7.03. The third-order valence-electron chi connectivity index (χ3n) is 3.19. The number of aliphatic hydroxyl groups excluding tert-OH is 1. The van der Waals surface area contributed by atoms with Gasteiger partial charge in [-0.25, -0.2) is 10.8 Å².